The fourth-order valence-electron chi connectivity index (χ4n) is 3.33. The van der Waals surface area contributed by atoms with E-state index in [1.54, 1.807) is 30.4 Å². The molecule has 0 aliphatic carbocycles. The van der Waals surface area contributed by atoms with Gasteiger partial charge >= 0.3 is 6.03 Å². The van der Waals surface area contributed by atoms with Crippen molar-refractivity contribution in [3.63, 3.8) is 0 Å². The molecule has 174 valence electrons. The van der Waals surface area contributed by atoms with Gasteiger partial charge in [0.2, 0.25) is 5.91 Å². The Balaban J connectivity index is 1.43. The predicted molar refractivity (Wildman–Crippen MR) is 136 cm³/mol. The summed E-state index contributed by atoms with van der Waals surface area (Å²) in [4.78, 5) is 26.1. The van der Waals surface area contributed by atoms with Crippen LogP contribution in [0.15, 0.2) is 83.3 Å². The first-order valence-corrected chi connectivity index (χ1v) is 12.7. The number of imide groups is 1. The number of amides is 3. The number of nitrogens with one attached hydrogen (secondary N) is 2. The summed E-state index contributed by atoms with van der Waals surface area (Å²) in [5.41, 5.74) is 1.84. The molecule has 2 heterocycles. The van der Waals surface area contributed by atoms with E-state index in [1.165, 1.54) is 22.2 Å². The fraction of sp³-hybridized carbons (Fsp3) is 0.200. The van der Waals surface area contributed by atoms with Crippen LogP contribution in [0.1, 0.15) is 23.2 Å². The number of benzene rings is 2. The first-order chi connectivity index (χ1) is 16.6. The van der Waals surface area contributed by atoms with E-state index in [-0.39, 0.29) is 0 Å². The highest BCUT2D eigenvalue weighted by Crippen LogP contribution is 2.25. The van der Waals surface area contributed by atoms with Crippen molar-refractivity contribution in [3.8, 4) is 0 Å². The number of thiophene rings is 1. The van der Waals surface area contributed by atoms with Crippen molar-refractivity contribution >= 4 is 40.7 Å². The molecule has 1 atom stereocenters. The van der Waals surface area contributed by atoms with Crippen LogP contribution in [0, 0.1) is 0 Å². The highest BCUT2D eigenvalue weighted by Gasteiger charge is 2.22. The average molecular weight is 492 g/mol. The molecule has 4 aromatic rings. The summed E-state index contributed by atoms with van der Waals surface area (Å²) in [7, 11) is 0. The van der Waals surface area contributed by atoms with Crippen LogP contribution in [0.5, 0.6) is 0 Å². The zero-order valence-electron chi connectivity index (χ0n) is 18.7. The molecule has 34 heavy (non-hydrogen) atoms. The molecule has 0 bridgehead atoms. The molecule has 2 aromatic carbocycles. The fourth-order valence-corrected chi connectivity index (χ4v) is 4.92. The molecule has 2 N–H and O–H groups in total. The van der Waals surface area contributed by atoms with E-state index in [1.807, 2.05) is 47.8 Å². The van der Waals surface area contributed by atoms with Gasteiger partial charge in [-0.1, -0.05) is 66.4 Å². The monoisotopic (exact) mass is 491 g/mol. The van der Waals surface area contributed by atoms with Crippen LogP contribution >= 0.6 is 23.1 Å². The number of carbonyl (C=O) groups excluding carboxylic acids is 2. The summed E-state index contributed by atoms with van der Waals surface area (Å²) in [5, 5.41) is 16.0. The molecule has 2 aromatic heterocycles. The van der Waals surface area contributed by atoms with Gasteiger partial charge in [0.05, 0.1) is 5.25 Å². The Labute approximate surface area is 206 Å². The van der Waals surface area contributed by atoms with E-state index in [2.05, 4.69) is 43.6 Å². The van der Waals surface area contributed by atoms with Crippen LogP contribution in [0.2, 0.25) is 0 Å². The third-order valence-corrected chi connectivity index (χ3v) is 7.05. The molecule has 4 rings (SSSR count). The third kappa shape index (κ3) is 6.55. The summed E-state index contributed by atoms with van der Waals surface area (Å²) in [5.74, 6) is 0.464. The van der Waals surface area contributed by atoms with Crippen LogP contribution < -0.4 is 10.6 Å². The van der Waals surface area contributed by atoms with Gasteiger partial charge in [-0.15, -0.1) is 21.5 Å². The van der Waals surface area contributed by atoms with Gasteiger partial charge < -0.3 is 9.88 Å². The number of thioether (sulfide) groups is 1. The van der Waals surface area contributed by atoms with Crippen LogP contribution in [0.4, 0.5) is 10.5 Å². The van der Waals surface area contributed by atoms with Gasteiger partial charge in [0.25, 0.3) is 0 Å². The number of hydrogen-bond donors (Lipinski definition) is 2. The zero-order valence-corrected chi connectivity index (χ0v) is 20.3. The molecule has 1 unspecified atom stereocenters. The molecule has 0 aliphatic rings. The number of anilines is 1. The number of para-hydroxylation sites is 1. The zero-order chi connectivity index (χ0) is 23.8. The van der Waals surface area contributed by atoms with Gasteiger partial charge in [0.1, 0.15) is 5.82 Å². The van der Waals surface area contributed by atoms with Crippen molar-refractivity contribution < 1.29 is 9.59 Å². The maximum absolute atomic E-state index is 12.7. The minimum atomic E-state index is -0.562. The van der Waals surface area contributed by atoms with Crippen molar-refractivity contribution in [1.29, 1.82) is 0 Å². The smallest absolute Gasteiger partial charge is 0.308 e. The molecule has 0 aliphatic heterocycles. The molecule has 0 saturated heterocycles. The van der Waals surface area contributed by atoms with Crippen molar-refractivity contribution in [2.45, 2.75) is 36.7 Å². The van der Waals surface area contributed by atoms with Gasteiger partial charge in [-0.05, 0) is 42.5 Å². The maximum Gasteiger partial charge on any atom is 0.325 e. The summed E-state index contributed by atoms with van der Waals surface area (Å²) >= 11 is 2.98. The lowest BCUT2D eigenvalue weighted by molar-refractivity contribution is -0.119. The lowest BCUT2D eigenvalue weighted by atomic mass is 10.1. The number of nitrogens with zero attached hydrogens (tertiary/aromatic N) is 3. The summed E-state index contributed by atoms with van der Waals surface area (Å²) in [6.07, 6.45) is 1.50. The highest BCUT2D eigenvalue weighted by molar-refractivity contribution is 8.00. The summed E-state index contributed by atoms with van der Waals surface area (Å²) in [6, 6.07) is 22.8. The Hall–Kier alpha value is -3.43. The Morgan fingerprint density at radius 2 is 1.74 bits per heavy atom. The molecule has 3 amide bonds. The molecular weight excluding hydrogens is 466 g/mol. The minimum Gasteiger partial charge on any atom is -0.308 e. The molecule has 0 fully saturated rings. The van der Waals surface area contributed by atoms with Crippen LogP contribution in [0.25, 0.3) is 0 Å². The second-order valence-electron chi connectivity index (χ2n) is 7.61. The van der Waals surface area contributed by atoms with Gasteiger partial charge in [0.15, 0.2) is 5.16 Å². The SMILES string of the molecule is CC(Sc1nnc(Cc2cccs2)n1CCc1ccccc1)C(=O)NC(=O)Nc1ccccc1. The standard InChI is InChI=1S/C25H25N5O2S2/c1-18(23(31)27-24(32)26-20-11-6-3-7-12-20)34-25-29-28-22(17-21-13-8-16-33-21)30(25)15-14-19-9-4-2-5-10-19/h2-13,16,18H,14-15,17H2,1H3,(H2,26,27,31,32). The van der Waals surface area contributed by atoms with E-state index >= 15 is 0 Å². The molecule has 7 nitrogen and oxygen atoms in total. The van der Waals surface area contributed by atoms with E-state index < -0.39 is 17.2 Å². The maximum atomic E-state index is 12.7. The first kappa shape index (κ1) is 23.7. The van der Waals surface area contributed by atoms with E-state index in [0.717, 1.165) is 12.2 Å². The Morgan fingerprint density at radius 3 is 2.44 bits per heavy atom. The van der Waals surface area contributed by atoms with Crippen molar-refractivity contribution in [1.82, 2.24) is 20.1 Å². The number of carbonyl (C=O) groups is 2. The Bertz CT molecular complexity index is 1210. The number of hydrogen-bond acceptors (Lipinski definition) is 6. The van der Waals surface area contributed by atoms with Gasteiger partial charge in [-0.3, -0.25) is 10.1 Å². The quantitative estimate of drug-likeness (QED) is 0.322. The summed E-state index contributed by atoms with van der Waals surface area (Å²) in [6.45, 7) is 2.45. The second-order valence-corrected chi connectivity index (χ2v) is 9.95. The second kappa shape index (κ2) is 11.6. The molecular formula is C25H25N5O2S2. The van der Waals surface area contributed by atoms with Crippen molar-refractivity contribution in [3.05, 3.63) is 94.4 Å². The largest absolute Gasteiger partial charge is 0.325 e. The van der Waals surface area contributed by atoms with Crippen LogP contribution in [0.3, 0.4) is 0 Å². The molecule has 0 spiro atoms. The lowest BCUT2D eigenvalue weighted by Gasteiger charge is -2.14. The van der Waals surface area contributed by atoms with Crippen LogP contribution in [-0.4, -0.2) is 32.0 Å². The number of rotatable bonds is 9. The predicted octanol–water partition coefficient (Wildman–Crippen LogP) is 5.00. The lowest BCUT2D eigenvalue weighted by Crippen LogP contribution is -2.39. The number of aryl methyl sites for hydroxylation is 1. The summed E-state index contributed by atoms with van der Waals surface area (Å²) < 4.78 is 2.07. The molecule has 0 radical (unpaired) electrons. The number of aromatic nitrogens is 3. The molecule has 9 heteroatoms. The first-order valence-electron chi connectivity index (χ1n) is 10.9. The van der Waals surface area contributed by atoms with Gasteiger partial charge in [-0.25, -0.2) is 4.79 Å². The normalized spacial score (nSPS) is 11.7. The highest BCUT2D eigenvalue weighted by atomic mass is 32.2. The topological polar surface area (TPSA) is 88.9 Å². The van der Waals surface area contributed by atoms with Gasteiger partial charge in [-0.2, -0.15) is 0 Å². The van der Waals surface area contributed by atoms with Gasteiger partial charge in [0, 0.05) is 23.5 Å². The third-order valence-electron chi connectivity index (χ3n) is 5.09. The average Bonchev–Trinajstić information content (AvgIpc) is 3.49. The molecule has 0 saturated carbocycles. The van der Waals surface area contributed by atoms with Crippen molar-refractivity contribution in [2.75, 3.05) is 5.32 Å². The Morgan fingerprint density at radius 1 is 1.00 bits per heavy atom. The van der Waals surface area contributed by atoms with Crippen LogP contribution in [-0.2, 0) is 24.2 Å². The minimum absolute atomic E-state index is 0.393. The van der Waals surface area contributed by atoms with E-state index in [0.29, 0.717) is 23.8 Å². The van der Waals surface area contributed by atoms with Crippen molar-refractivity contribution in [2.24, 2.45) is 0 Å². The van der Waals surface area contributed by atoms with E-state index in [9.17, 15) is 9.59 Å². The number of urea groups is 1. The Kier molecular flexibility index (Phi) is 8.11. The van der Waals surface area contributed by atoms with E-state index in [4.69, 9.17) is 0 Å².